The second-order valence-corrected chi connectivity index (χ2v) is 6.84. The first kappa shape index (κ1) is 14.5. The van der Waals surface area contributed by atoms with E-state index in [2.05, 4.69) is 25.8 Å². The van der Waals surface area contributed by atoms with Gasteiger partial charge in [0.1, 0.15) is 0 Å². The van der Waals surface area contributed by atoms with Gasteiger partial charge in [0.15, 0.2) is 0 Å². The molecule has 0 aromatic rings. The van der Waals surface area contributed by atoms with Gasteiger partial charge in [0.25, 0.3) is 0 Å². The van der Waals surface area contributed by atoms with Crippen molar-refractivity contribution in [3.8, 4) is 0 Å². The molecular weight excluding hydrogens is 214 g/mol. The van der Waals surface area contributed by atoms with Crippen LogP contribution in [-0.2, 0) is 4.79 Å². The van der Waals surface area contributed by atoms with E-state index in [1.54, 1.807) is 0 Å². The Bertz CT molecular complexity index is 294. The van der Waals surface area contributed by atoms with Crippen LogP contribution in [0.15, 0.2) is 0 Å². The van der Waals surface area contributed by atoms with Crippen molar-refractivity contribution in [2.24, 2.45) is 11.1 Å². The first-order valence-corrected chi connectivity index (χ1v) is 6.31. The summed E-state index contributed by atoms with van der Waals surface area (Å²) in [5.74, 6) is 0.0821. The van der Waals surface area contributed by atoms with E-state index in [-0.39, 0.29) is 16.9 Å². The lowest BCUT2D eigenvalue weighted by Crippen LogP contribution is -2.62. The van der Waals surface area contributed by atoms with Gasteiger partial charge in [0, 0.05) is 25.2 Å². The zero-order valence-corrected chi connectivity index (χ0v) is 12.1. The van der Waals surface area contributed by atoms with Crippen LogP contribution in [0.4, 0.5) is 0 Å². The molecule has 2 N–H and O–H groups in total. The Labute approximate surface area is 105 Å². The monoisotopic (exact) mass is 241 g/mol. The van der Waals surface area contributed by atoms with Crippen LogP contribution in [0.1, 0.15) is 34.6 Å². The number of hydrogen-bond acceptors (Lipinski definition) is 3. The van der Waals surface area contributed by atoms with Crippen LogP contribution in [0.2, 0.25) is 0 Å². The zero-order valence-electron chi connectivity index (χ0n) is 12.1. The van der Waals surface area contributed by atoms with Crippen molar-refractivity contribution in [1.82, 2.24) is 9.80 Å². The van der Waals surface area contributed by atoms with E-state index < -0.39 is 6.04 Å². The second-order valence-electron chi connectivity index (χ2n) is 6.84. The standard InChI is InChI=1S/C13H27N3O/c1-12(2,3)10(14)11(17)16-8-7-15(6)13(4,5)9-16/h10H,7-9,14H2,1-6H3/t10-/m0/s1. The molecule has 1 atom stereocenters. The van der Waals surface area contributed by atoms with E-state index >= 15 is 0 Å². The molecule has 4 heteroatoms. The van der Waals surface area contributed by atoms with Crippen molar-refractivity contribution < 1.29 is 4.79 Å². The lowest BCUT2D eigenvalue weighted by molar-refractivity contribution is -0.139. The maximum Gasteiger partial charge on any atom is 0.240 e. The van der Waals surface area contributed by atoms with Crippen LogP contribution in [0, 0.1) is 5.41 Å². The van der Waals surface area contributed by atoms with Gasteiger partial charge in [-0.15, -0.1) is 0 Å². The Hall–Kier alpha value is -0.610. The van der Waals surface area contributed by atoms with E-state index in [9.17, 15) is 4.79 Å². The van der Waals surface area contributed by atoms with Crippen molar-refractivity contribution in [3.05, 3.63) is 0 Å². The quantitative estimate of drug-likeness (QED) is 0.742. The summed E-state index contributed by atoms with van der Waals surface area (Å²) in [4.78, 5) is 16.5. The molecule has 1 heterocycles. The fraction of sp³-hybridized carbons (Fsp3) is 0.923. The molecule has 0 aliphatic carbocycles. The molecule has 1 amide bonds. The minimum absolute atomic E-state index is 0.0332. The zero-order chi connectivity index (χ0) is 13.4. The lowest BCUT2D eigenvalue weighted by atomic mass is 9.86. The van der Waals surface area contributed by atoms with Crippen molar-refractivity contribution in [2.75, 3.05) is 26.7 Å². The highest BCUT2D eigenvalue weighted by molar-refractivity contribution is 5.82. The third kappa shape index (κ3) is 3.19. The van der Waals surface area contributed by atoms with Crippen LogP contribution in [0.3, 0.4) is 0 Å². The Morgan fingerprint density at radius 3 is 2.24 bits per heavy atom. The summed E-state index contributed by atoms with van der Waals surface area (Å²) in [5, 5.41) is 0. The maximum absolute atomic E-state index is 12.3. The highest BCUT2D eigenvalue weighted by Crippen LogP contribution is 2.23. The van der Waals surface area contributed by atoms with E-state index in [0.29, 0.717) is 0 Å². The predicted octanol–water partition coefficient (Wildman–Crippen LogP) is 0.912. The molecule has 0 saturated carbocycles. The number of amides is 1. The molecule has 1 aliphatic rings. The van der Waals surface area contributed by atoms with Gasteiger partial charge in [-0.25, -0.2) is 0 Å². The Morgan fingerprint density at radius 1 is 1.29 bits per heavy atom. The lowest BCUT2D eigenvalue weighted by Gasteiger charge is -2.46. The summed E-state index contributed by atoms with van der Waals surface area (Å²) in [6, 6.07) is -0.415. The second kappa shape index (κ2) is 4.58. The smallest absolute Gasteiger partial charge is 0.240 e. The van der Waals surface area contributed by atoms with Crippen molar-refractivity contribution in [1.29, 1.82) is 0 Å². The number of carbonyl (C=O) groups excluding carboxylic acids is 1. The predicted molar refractivity (Wildman–Crippen MR) is 70.7 cm³/mol. The molecule has 1 saturated heterocycles. The van der Waals surface area contributed by atoms with E-state index in [1.807, 2.05) is 25.7 Å². The summed E-state index contributed by atoms with van der Waals surface area (Å²) >= 11 is 0. The largest absolute Gasteiger partial charge is 0.338 e. The summed E-state index contributed by atoms with van der Waals surface area (Å²) in [6.45, 7) is 12.8. The van der Waals surface area contributed by atoms with Crippen LogP contribution in [-0.4, -0.2) is 54.0 Å². The SMILES string of the molecule is CN1CCN(C(=O)[C@H](N)C(C)(C)C)CC1(C)C. The molecule has 17 heavy (non-hydrogen) atoms. The number of carbonyl (C=O) groups is 1. The van der Waals surface area contributed by atoms with E-state index in [4.69, 9.17) is 5.73 Å². The molecule has 0 radical (unpaired) electrons. The van der Waals surface area contributed by atoms with Gasteiger partial charge in [-0.05, 0) is 26.3 Å². The minimum atomic E-state index is -0.415. The third-order valence-electron chi connectivity index (χ3n) is 3.83. The Balaban J connectivity index is 2.73. The highest BCUT2D eigenvalue weighted by atomic mass is 16.2. The van der Waals surface area contributed by atoms with Crippen LogP contribution in [0.25, 0.3) is 0 Å². The number of hydrogen-bond donors (Lipinski definition) is 1. The van der Waals surface area contributed by atoms with Gasteiger partial charge >= 0.3 is 0 Å². The number of nitrogens with zero attached hydrogens (tertiary/aromatic N) is 2. The third-order valence-corrected chi connectivity index (χ3v) is 3.83. The fourth-order valence-electron chi connectivity index (χ4n) is 2.00. The number of nitrogens with two attached hydrogens (primary N) is 1. The van der Waals surface area contributed by atoms with E-state index in [1.165, 1.54) is 0 Å². The van der Waals surface area contributed by atoms with Gasteiger partial charge < -0.3 is 10.6 Å². The van der Waals surface area contributed by atoms with Gasteiger partial charge in [0.2, 0.25) is 5.91 Å². The molecule has 100 valence electrons. The topological polar surface area (TPSA) is 49.6 Å². The summed E-state index contributed by atoms with van der Waals surface area (Å²) in [7, 11) is 2.10. The molecule has 1 rings (SSSR count). The van der Waals surface area contributed by atoms with Gasteiger partial charge in [0.05, 0.1) is 6.04 Å². The average Bonchev–Trinajstić information content (AvgIpc) is 2.18. The first-order chi connectivity index (χ1) is 7.55. The summed E-state index contributed by atoms with van der Waals surface area (Å²) in [5.41, 5.74) is 5.90. The number of rotatable bonds is 1. The molecule has 0 spiro atoms. The van der Waals surface area contributed by atoms with Crippen molar-refractivity contribution >= 4 is 5.91 Å². The normalized spacial score (nSPS) is 23.6. The van der Waals surface area contributed by atoms with Crippen LogP contribution in [0.5, 0.6) is 0 Å². The van der Waals surface area contributed by atoms with E-state index in [0.717, 1.165) is 19.6 Å². The number of likely N-dealkylation sites (N-methyl/N-ethyl adjacent to an activating group) is 1. The first-order valence-electron chi connectivity index (χ1n) is 6.31. The highest BCUT2D eigenvalue weighted by Gasteiger charge is 2.37. The van der Waals surface area contributed by atoms with Gasteiger partial charge in [-0.1, -0.05) is 20.8 Å². The molecule has 0 aromatic heterocycles. The van der Waals surface area contributed by atoms with Gasteiger partial charge in [-0.2, -0.15) is 0 Å². The molecule has 1 aliphatic heterocycles. The number of piperazine rings is 1. The summed E-state index contributed by atoms with van der Waals surface area (Å²) in [6.07, 6.45) is 0. The van der Waals surface area contributed by atoms with Crippen LogP contribution < -0.4 is 5.73 Å². The maximum atomic E-state index is 12.3. The van der Waals surface area contributed by atoms with Crippen molar-refractivity contribution in [2.45, 2.75) is 46.2 Å². The molecule has 0 unspecified atom stereocenters. The summed E-state index contributed by atoms with van der Waals surface area (Å²) < 4.78 is 0. The molecule has 0 aromatic carbocycles. The molecule has 0 bridgehead atoms. The average molecular weight is 241 g/mol. The fourth-order valence-corrected chi connectivity index (χ4v) is 2.00. The minimum Gasteiger partial charge on any atom is -0.338 e. The van der Waals surface area contributed by atoms with Crippen molar-refractivity contribution in [3.63, 3.8) is 0 Å². The Morgan fingerprint density at radius 2 is 1.82 bits per heavy atom. The van der Waals surface area contributed by atoms with Crippen LogP contribution >= 0.6 is 0 Å². The molecular formula is C13H27N3O. The Kier molecular flexibility index (Phi) is 3.89. The molecule has 1 fully saturated rings. The molecule has 4 nitrogen and oxygen atoms in total. The van der Waals surface area contributed by atoms with Gasteiger partial charge in [-0.3, -0.25) is 9.69 Å².